The molecule has 0 aliphatic carbocycles. The molecule has 1 aliphatic rings. The van der Waals surface area contributed by atoms with Gasteiger partial charge in [0.15, 0.2) is 5.17 Å². The van der Waals surface area contributed by atoms with Gasteiger partial charge < -0.3 is 14.8 Å². The van der Waals surface area contributed by atoms with E-state index in [0.29, 0.717) is 30.6 Å². The minimum Gasteiger partial charge on any atom is -0.493 e. The number of benzene rings is 2. The van der Waals surface area contributed by atoms with Crippen molar-refractivity contribution in [3.8, 4) is 11.5 Å². The number of thioether (sulfide) groups is 1. The van der Waals surface area contributed by atoms with Crippen LogP contribution in [0, 0.1) is 13.8 Å². The second-order valence-electron chi connectivity index (χ2n) is 7.32. The summed E-state index contributed by atoms with van der Waals surface area (Å²) in [6.45, 7) is 7.89. The van der Waals surface area contributed by atoms with E-state index < -0.39 is 5.37 Å². The molecule has 1 aliphatic heterocycles. The van der Waals surface area contributed by atoms with Gasteiger partial charge in [-0.2, -0.15) is 0 Å². The van der Waals surface area contributed by atoms with Crippen molar-refractivity contribution in [3.05, 3.63) is 59.2 Å². The third kappa shape index (κ3) is 6.24. The maximum Gasteiger partial charge on any atom is 0.241 e. The molecule has 2 amide bonds. The first kappa shape index (κ1) is 22.7. The van der Waals surface area contributed by atoms with E-state index in [1.807, 2.05) is 56.3 Å². The molecule has 3 rings (SSSR count). The number of amides is 2. The van der Waals surface area contributed by atoms with Gasteiger partial charge in [-0.25, -0.2) is 5.01 Å². The molecule has 2 aromatic rings. The van der Waals surface area contributed by atoms with E-state index in [1.165, 1.54) is 36.2 Å². The molecule has 8 heteroatoms. The monoisotopic (exact) mass is 441 g/mol. The van der Waals surface area contributed by atoms with Crippen molar-refractivity contribution in [1.82, 2.24) is 10.3 Å². The van der Waals surface area contributed by atoms with E-state index in [2.05, 4.69) is 10.4 Å². The predicted octanol–water partition coefficient (Wildman–Crippen LogP) is 4.15. The average Bonchev–Trinajstić information content (AvgIpc) is 3.13. The highest BCUT2D eigenvalue weighted by atomic mass is 32.2. The molecule has 1 heterocycles. The molecule has 7 nitrogen and oxygen atoms in total. The van der Waals surface area contributed by atoms with Crippen LogP contribution < -0.4 is 14.8 Å². The highest BCUT2D eigenvalue weighted by molar-refractivity contribution is 8.14. The third-order valence-electron chi connectivity index (χ3n) is 4.52. The fraction of sp³-hybridized carbons (Fsp3) is 0.348. The summed E-state index contributed by atoms with van der Waals surface area (Å²) in [5.74, 6) is 1.08. The second-order valence-corrected chi connectivity index (χ2v) is 8.39. The quantitative estimate of drug-likeness (QED) is 0.653. The van der Waals surface area contributed by atoms with Gasteiger partial charge in [0.2, 0.25) is 11.8 Å². The lowest BCUT2D eigenvalue weighted by Gasteiger charge is -2.22. The fourth-order valence-electron chi connectivity index (χ4n) is 3.02. The van der Waals surface area contributed by atoms with E-state index in [1.54, 1.807) is 0 Å². The topological polar surface area (TPSA) is 80.2 Å². The molecule has 0 unspecified atom stereocenters. The third-order valence-corrected chi connectivity index (χ3v) is 5.60. The number of hydrogen-bond acceptors (Lipinski definition) is 6. The van der Waals surface area contributed by atoms with Gasteiger partial charge in [-0.3, -0.25) is 9.59 Å². The van der Waals surface area contributed by atoms with Crippen molar-refractivity contribution in [1.29, 1.82) is 0 Å². The maximum absolute atomic E-state index is 12.1. The number of amidine groups is 1. The smallest absolute Gasteiger partial charge is 0.241 e. The lowest BCUT2D eigenvalue weighted by atomic mass is 10.1. The van der Waals surface area contributed by atoms with Crippen molar-refractivity contribution in [2.45, 2.75) is 39.5 Å². The molecule has 0 aromatic heterocycles. The van der Waals surface area contributed by atoms with Crippen LogP contribution in [0.1, 0.15) is 42.3 Å². The van der Waals surface area contributed by atoms with Gasteiger partial charge in [-0.05, 0) is 38.1 Å². The van der Waals surface area contributed by atoms with E-state index in [9.17, 15) is 9.59 Å². The molecule has 0 bridgehead atoms. The molecular weight excluding hydrogens is 414 g/mol. The Balaban J connectivity index is 1.64. The molecule has 2 aromatic carbocycles. The summed E-state index contributed by atoms with van der Waals surface area (Å²) in [7, 11) is 0. The molecule has 0 saturated carbocycles. The van der Waals surface area contributed by atoms with Crippen LogP contribution in [-0.4, -0.2) is 35.2 Å². The van der Waals surface area contributed by atoms with Gasteiger partial charge in [0.25, 0.3) is 0 Å². The van der Waals surface area contributed by atoms with Gasteiger partial charge in [-0.15, -0.1) is 5.10 Å². The standard InChI is InChI=1S/C23H27N3O4S/c1-15-6-9-19(10-7-15)29-12-5-13-30-21-11-8-16(2)14-20(21)22-26(18(4)28)25-23(31-22)24-17(3)27/h6-11,14,22H,5,12-13H2,1-4H3,(H,24,25,27)/t22-/m1/s1. The molecule has 1 atom stereocenters. The van der Waals surface area contributed by atoms with Crippen molar-refractivity contribution < 1.29 is 19.1 Å². The Morgan fingerprint density at radius 2 is 1.71 bits per heavy atom. The Morgan fingerprint density at radius 1 is 1.03 bits per heavy atom. The van der Waals surface area contributed by atoms with Crippen LogP contribution in [0.3, 0.4) is 0 Å². The van der Waals surface area contributed by atoms with Crippen LogP contribution >= 0.6 is 11.8 Å². The van der Waals surface area contributed by atoms with Gasteiger partial charge in [0.1, 0.15) is 16.9 Å². The Bertz CT molecular complexity index is 975. The number of rotatable bonds is 7. The molecule has 0 spiro atoms. The normalized spacial score (nSPS) is 15.4. The number of ether oxygens (including phenoxy) is 2. The van der Waals surface area contributed by atoms with Crippen molar-refractivity contribution in [3.63, 3.8) is 0 Å². The predicted molar refractivity (Wildman–Crippen MR) is 122 cm³/mol. The van der Waals surface area contributed by atoms with Gasteiger partial charge in [0, 0.05) is 25.8 Å². The van der Waals surface area contributed by atoms with Crippen molar-refractivity contribution >= 4 is 28.7 Å². The van der Waals surface area contributed by atoms with Gasteiger partial charge >= 0.3 is 0 Å². The zero-order valence-electron chi connectivity index (χ0n) is 18.2. The number of nitrogens with one attached hydrogen (secondary N) is 1. The number of nitrogens with zero attached hydrogens (tertiary/aromatic N) is 2. The van der Waals surface area contributed by atoms with Crippen LogP contribution in [0.25, 0.3) is 0 Å². The maximum atomic E-state index is 12.1. The average molecular weight is 442 g/mol. The number of carbonyl (C=O) groups excluding carboxylic acids is 2. The first-order valence-corrected chi connectivity index (χ1v) is 11.0. The highest BCUT2D eigenvalue weighted by Crippen LogP contribution is 2.42. The summed E-state index contributed by atoms with van der Waals surface area (Å²) in [5.41, 5.74) is 3.07. The van der Waals surface area contributed by atoms with Crippen LogP contribution in [0.4, 0.5) is 0 Å². The largest absolute Gasteiger partial charge is 0.493 e. The summed E-state index contributed by atoms with van der Waals surface area (Å²) in [6, 6.07) is 13.8. The zero-order valence-corrected chi connectivity index (χ0v) is 19.0. The van der Waals surface area contributed by atoms with E-state index in [-0.39, 0.29) is 11.8 Å². The van der Waals surface area contributed by atoms with Crippen molar-refractivity contribution in [2.24, 2.45) is 5.10 Å². The lowest BCUT2D eigenvalue weighted by Crippen LogP contribution is -2.25. The summed E-state index contributed by atoms with van der Waals surface area (Å²) in [6.07, 6.45) is 0.711. The first-order valence-electron chi connectivity index (χ1n) is 10.1. The number of hydrazone groups is 1. The highest BCUT2D eigenvalue weighted by Gasteiger charge is 2.34. The Kier molecular flexibility index (Phi) is 7.57. The SMILES string of the molecule is CC(=O)NC1=NN(C(C)=O)[C@@H](c2cc(C)ccc2OCCCOc2ccc(C)cc2)S1. The van der Waals surface area contributed by atoms with E-state index in [4.69, 9.17) is 9.47 Å². The lowest BCUT2D eigenvalue weighted by molar-refractivity contribution is -0.129. The summed E-state index contributed by atoms with van der Waals surface area (Å²) in [4.78, 5) is 23.6. The Hall–Kier alpha value is -3.00. The Labute approximate surface area is 186 Å². The second kappa shape index (κ2) is 10.3. The van der Waals surface area contributed by atoms with Crippen molar-refractivity contribution in [2.75, 3.05) is 13.2 Å². The first-order chi connectivity index (χ1) is 14.8. The van der Waals surface area contributed by atoms with Crippen LogP contribution in [0.2, 0.25) is 0 Å². The Morgan fingerprint density at radius 3 is 2.39 bits per heavy atom. The molecule has 164 valence electrons. The molecule has 0 fully saturated rings. The molecular formula is C23H27N3O4S. The van der Waals surface area contributed by atoms with Gasteiger partial charge in [0.05, 0.1) is 13.2 Å². The summed E-state index contributed by atoms with van der Waals surface area (Å²) >= 11 is 1.31. The minimum absolute atomic E-state index is 0.211. The number of carbonyl (C=O) groups is 2. The van der Waals surface area contributed by atoms with E-state index in [0.717, 1.165) is 16.9 Å². The van der Waals surface area contributed by atoms with Gasteiger partial charge in [-0.1, -0.05) is 41.1 Å². The van der Waals surface area contributed by atoms with E-state index >= 15 is 0 Å². The van der Waals surface area contributed by atoms with Crippen LogP contribution in [0.5, 0.6) is 11.5 Å². The molecule has 31 heavy (non-hydrogen) atoms. The summed E-state index contributed by atoms with van der Waals surface area (Å²) < 4.78 is 11.8. The number of aryl methyl sites for hydroxylation is 2. The van der Waals surface area contributed by atoms with Crippen LogP contribution in [0.15, 0.2) is 47.6 Å². The summed E-state index contributed by atoms with van der Waals surface area (Å²) in [5, 5.41) is 8.29. The molecule has 1 N–H and O–H groups in total. The van der Waals surface area contributed by atoms with Crippen LogP contribution in [-0.2, 0) is 9.59 Å². The number of hydrogen-bond donors (Lipinski definition) is 1. The molecule has 0 saturated heterocycles. The minimum atomic E-state index is -0.405. The fourth-order valence-corrected chi connectivity index (χ4v) is 4.18. The zero-order chi connectivity index (χ0) is 22.4. The molecule has 0 radical (unpaired) electrons.